The van der Waals surface area contributed by atoms with Crippen LogP contribution in [0.4, 0.5) is 0 Å². The van der Waals surface area contributed by atoms with Gasteiger partial charge in [0, 0.05) is 11.1 Å². The van der Waals surface area contributed by atoms with E-state index in [0.29, 0.717) is 0 Å². The van der Waals surface area contributed by atoms with Crippen LogP contribution in [0.3, 0.4) is 0 Å². The molecule has 0 radical (unpaired) electrons. The van der Waals surface area contributed by atoms with Crippen molar-refractivity contribution in [1.29, 1.82) is 0 Å². The maximum Gasteiger partial charge on any atom is 0.264 e. The van der Waals surface area contributed by atoms with Crippen molar-refractivity contribution in [3.63, 3.8) is 0 Å². The minimum Gasteiger partial charge on any atom is -0.520 e. The van der Waals surface area contributed by atoms with E-state index in [1.165, 1.54) is 11.1 Å². The fourth-order valence-corrected chi connectivity index (χ4v) is 3.90. The molecule has 6 heteroatoms. The standard InChI is InChI=1S/C16H32O4Si2/c1-17-15(19-21(3,4)5)13-9-11-14(12-10-13)16(18-2)20-22(6,7)8/h9-12H2,1-8H3. The van der Waals surface area contributed by atoms with E-state index in [0.717, 1.165) is 37.6 Å². The minimum atomic E-state index is -1.64. The van der Waals surface area contributed by atoms with E-state index in [1.807, 2.05) is 0 Å². The van der Waals surface area contributed by atoms with Crippen molar-refractivity contribution in [2.45, 2.75) is 65.0 Å². The summed E-state index contributed by atoms with van der Waals surface area (Å²) in [7, 11) is 0.112. The van der Waals surface area contributed by atoms with E-state index in [2.05, 4.69) is 39.3 Å². The minimum absolute atomic E-state index is 0.739. The second-order valence-corrected chi connectivity index (χ2v) is 16.5. The Hall–Kier alpha value is -0.886. The normalized spacial score (nSPS) is 16.2. The lowest BCUT2D eigenvalue weighted by molar-refractivity contribution is 0.132. The molecule has 0 aliphatic heterocycles. The summed E-state index contributed by atoms with van der Waals surface area (Å²) in [6, 6.07) is 0. The summed E-state index contributed by atoms with van der Waals surface area (Å²) in [5.41, 5.74) is 2.55. The van der Waals surface area contributed by atoms with Gasteiger partial charge < -0.3 is 18.3 Å². The van der Waals surface area contributed by atoms with Gasteiger partial charge in [0.05, 0.1) is 14.2 Å². The van der Waals surface area contributed by atoms with Crippen LogP contribution in [-0.4, -0.2) is 30.9 Å². The van der Waals surface area contributed by atoms with E-state index in [4.69, 9.17) is 18.3 Å². The highest BCUT2D eigenvalue weighted by atomic mass is 28.4. The molecule has 1 fully saturated rings. The van der Waals surface area contributed by atoms with E-state index in [9.17, 15) is 0 Å². The summed E-state index contributed by atoms with van der Waals surface area (Å²) < 4.78 is 23.1. The van der Waals surface area contributed by atoms with Gasteiger partial charge >= 0.3 is 0 Å². The first-order valence-electron chi connectivity index (χ1n) is 7.96. The van der Waals surface area contributed by atoms with Gasteiger partial charge in [-0.05, 0) is 65.0 Å². The molecule has 0 spiro atoms. The summed E-state index contributed by atoms with van der Waals surface area (Å²) >= 11 is 0. The van der Waals surface area contributed by atoms with Crippen LogP contribution in [0.25, 0.3) is 0 Å². The first-order chi connectivity index (χ1) is 10.1. The first kappa shape index (κ1) is 19.2. The molecule has 1 aliphatic rings. The highest BCUT2D eigenvalue weighted by molar-refractivity contribution is 6.70. The smallest absolute Gasteiger partial charge is 0.264 e. The van der Waals surface area contributed by atoms with E-state index >= 15 is 0 Å². The highest BCUT2D eigenvalue weighted by Gasteiger charge is 2.26. The third kappa shape index (κ3) is 6.48. The number of hydrogen-bond acceptors (Lipinski definition) is 4. The van der Waals surface area contributed by atoms with Crippen molar-refractivity contribution in [3.05, 3.63) is 23.0 Å². The molecule has 128 valence electrons. The fraction of sp³-hybridized carbons (Fsp3) is 0.750. The predicted molar refractivity (Wildman–Crippen MR) is 95.4 cm³/mol. The van der Waals surface area contributed by atoms with Gasteiger partial charge in [-0.2, -0.15) is 0 Å². The third-order valence-electron chi connectivity index (χ3n) is 3.20. The Balaban J connectivity index is 2.83. The molecule has 0 amide bonds. The molecule has 4 nitrogen and oxygen atoms in total. The SMILES string of the molecule is COC(O[Si](C)(C)C)=C1CCC(=C(OC)O[Si](C)(C)C)CC1. The molecule has 0 aromatic carbocycles. The van der Waals surface area contributed by atoms with Crippen LogP contribution in [0, 0.1) is 0 Å². The Morgan fingerprint density at radius 3 is 1.09 bits per heavy atom. The summed E-state index contributed by atoms with van der Waals surface area (Å²) in [5, 5.41) is 0. The first-order valence-corrected chi connectivity index (χ1v) is 14.8. The second-order valence-electron chi connectivity index (χ2n) is 7.62. The van der Waals surface area contributed by atoms with Crippen molar-refractivity contribution in [1.82, 2.24) is 0 Å². The Labute approximate surface area is 137 Å². The molecular formula is C16H32O4Si2. The van der Waals surface area contributed by atoms with Crippen LogP contribution < -0.4 is 0 Å². The highest BCUT2D eigenvalue weighted by Crippen LogP contribution is 2.34. The molecule has 0 bridgehead atoms. The molecule has 0 atom stereocenters. The summed E-state index contributed by atoms with van der Waals surface area (Å²) in [6.45, 7) is 13.0. The van der Waals surface area contributed by atoms with Gasteiger partial charge in [-0.3, -0.25) is 0 Å². The molecule has 1 saturated carbocycles. The summed E-state index contributed by atoms with van der Waals surface area (Å²) in [4.78, 5) is 0. The largest absolute Gasteiger partial charge is 0.520 e. The molecule has 0 aromatic heterocycles. The number of hydrogen-bond donors (Lipinski definition) is 0. The number of allylic oxidation sites excluding steroid dienone is 2. The molecule has 0 unspecified atom stereocenters. The van der Waals surface area contributed by atoms with Crippen molar-refractivity contribution >= 4 is 16.6 Å². The van der Waals surface area contributed by atoms with Crippen LogP contribution in [0.1, 0.15) is 25.7 Å². The molecule has 0 heterocycles. The second kappa shape index (κ2) is 7.59. The Morgan fingerprint density at radius 1 is 0.636 bits per heavy atom. The predicted octanol–water partition coefficient (Wildman–Crippen LogP) is 4.98. The zero-order valence-electron chi connectivity index (χ0n) is 15.5. The fourth-order valence-electron chi connectivity index (χ4n) is 2.33. The van der Waals surface area contributed by atoms with Crippen LogP contribution >= 0.6 is 0 Å². The molecular weight excluding hydrogens is 312 g/mol. The van der Waals surface area contributed by atoms with Crippen LogP contribution in [0.15, 0.2) is 23.0 Å². The van der Waals surface area contributed by atoms with Crippen molar-refractivity contribution in [2.24, 2.45) is 0 Å². The molecule has 1 aliphatic carbocycles. The van der Waals surface area contributed by atoms with Crippen LogP contribution in [-0.2, 0) is 18.3 Å². The lowest BCUT2D eigenvalue weighted by atomic mass is 9.91. The maximum atomic E-state index is 6.05. The molecule has 22 heavy (non-hydrogen) atoms. The van der Waals surface area contributed by atoms with Crippen LogP contribution in [0.5, 0.6) is 0 Å². The average Bonchev–Trinajstić information content (AvgIpc) is 2.40. The van der Waals surface area contributed by atoms with E-state index in [-0.39, 0.29) is 0 Å². The monoisotopic (exact) mass is 344 g/mol. The number of rotatable bonds is 6. The lowest BCUT2D eigenvalue weighted by Gasteiger charge is -2.28. The lowest BCUT2D eigenvalue weighted by Crippen LogP contribution is -2.27. The number of ether oxygens (including phenoxy) is 2. The van der Waals surface area contributed by atoms with Crippen molar-refractivity contribution < 1.29 is 18.3 Å². The summed E-state index contributed by atoms with van der Waals surface area (Å²) in [5.74, 6) is 1.48. The average molecular weight is 345 g/mol. The molecule has 0 N–H and O–H groups in total. The molecule has 1 rings (SSSR count). The number of methoxy groups -OCH3 is 2. The van der Waals surface area contributed by atoms with E-state index in [1.54, 1.807) is 14.2 Å². The van der Waals surface area contributed by atoms with Gasteiger partial charge in [0.15, 0.2) is 0 Å². The van der Waals surface area contributed by atoms with Gasteiger partial charge in [-0.15, -0.1) is 0 Å². The maximum absolute atomic E-state index is 6.05. The third-order valence-corrected chi connectivity index (χ3v) is 4.80. The topological polar surface area (TPSA) is 36.9 Å². The molecule has 0 aromatic rings. The van der Waals surface area contributed by atoms with Gasteiger partial charge in [0.1, 0.15) is 0 Å². The Bertz CT molecular complexity index is 388. The Kier molecular flexibility index (Phi) is 6.61. The van der Waals surface area contributed by atoms with Gasteiger partial charge in [0.2, 0.25) is 16.6 Å². The molecule has 0 saturated heterocycles. The zero-order chi connectivity index (χ0) is 17.0. The van der Waals surface area contributed by atoms with Gasteiger partial charge in [-0.1, -0.05) is 0 Å². The zero-order valence-corrected chi connectivity index (χ0v) is 17.5. The summed E-state index contributed by atoms with van der Waals surface area (Å²) in [6.07, 6.45) is 3.80. The van der Waals surface area contributed by atoms with E-state index < -0.39 is 16.6 Å². The Morgan fingerprint density at radius 2 is 0.909 bits per heavy atom. The quantitative estimate of drug-likeness (QED) is 0.503. The van der Waals surface area contributed by atoms with Gasteiger partial charge in [0.25, 0.3) is 11.9 Å². The van der Waals surface area contributed by atoms with Crippen molar-refractivity contribution in [2.75, 3.05) is 14.2 Å². The van der Waals surface area contributed by atoms with Gasteiger partial charge in [-0.25, -0.2) is 0 Å². The van der Waals surface area contributed by atoms with Crippen LogP contribution in [0.2, 0.25) is 39.3 Å². The van der Waals surface area contributed by atoms with Crippen molar-refractivity contribution in [3.8, 4) is 0 Å².